The summed E-state index contributed by atoms with van der Waals surface area (Å²) in [5, 5.41) is 3.13. The van der Waals surface area contributed by atoms with Gasteiger partial charge in [-0.1, -0.05) is 111 Å². The van der Waals surface area contributed by atoms with Crippen molar-refractivity contribution in [3.63, 3.8) is 0 Å². The quantitative estimate of drug-likeness (QED) is 0.177. The van der Waals surface area contributed by atoms with Gasteiger partial charge in [0.2, 0.25) is 5.91 Å². The molecule has 0 aliphatic heterocycles. The van der Waals surface area contributed by atoms with E-state index in [0.717, 1.165) is 19.5 Å². The van der Waals surface area contributed by atoms with Crippen LogP contribution in [0.25, 0.3) is 0 Å². The fourth-order valence-electron chi connectivity index (χ4n) is 3.84. The van der Waals surface area contributed by atoms with E-state index in [4.69, 9.17) is 0 Å². The summed E-state index contributed by atoms with van der Waals surface area (Å²) in [6.07, 6.45) is 23.3. The Balaban J connectivity index is 3.42. The van der Waals surface area contributed by atoms with E-state index >= 15 is 0 Å². The monoisotopic (exact) mass is 410 g/mol. The molecule has 1 N–H and O–H groups in total. The number of unbranched alkanes of at least 4 members (excludes halogenated alkanes) is 14. The van der Waals surface area contributed by atoms with Gasteiger partial charge in [-0.05, 0) is 32.4 Å². The SMILES string of the molecule is CCCCCCCCCCCCCCCC(=O)NCCN(CCCC)CCCC. The van der Waals surface area contributed by atoms with Gasteiger partial charge in [0, 0.05) is 19.5 Å². The highest BCUT2D eigenvalue weighted by Crippen LogP contribution is 2.12. The van der Waals surface area contributed by atoms with Crippen molar-refractivity contribution in [3.05, 3.63) is 0 Å². The number of carbonyl (C=O) groups excluding carboxylic acids is 1. The third-order valence-corrected chi connectivity index (χ3v) is 5.91. The summed E-state index contributed by atoms with van der Waals surface area (Å²) in [4.78, 5) is 14.5. The summed E-state index contributed by atoms with van der Waals surface area (Å²) in [7, 11) is 0. The van der Waals surface area contributed by atoms with Gasteiger partial charge in [-0.25, -0.2) is 0 Å². The summed E-state index contributed by atoms with van der Waals surface area (Å²) >= 11 is 0. The number of nitrogens with one attached hydrogen (secondary N) is 1. The molecule has 0 saturated carbocycles. The van der Waals surface area contributed by atoms with Crippen molar-refractivity contribution >= 4 is 5.91 Å². The Morgan fingerprint density at radius 1 is 0.552 bits per heavy atom. The smallest absolute Gasteiger partial charge is 0.220 e. The van der Waals surface area contributed by atoms with Crippen LogP contribution in [-0.2, 0) is 4.79 Å². The van der Waals surface area contributed by atoms with Crippen molar-refractivity contribution in [1.29, 1.82) is 0 Å². The van der Waals surface area contributed by atoms with Gasteiger partial charge in [0.1, 0.15) is 0 Å². The lowest BCUT2D eigenvalue weighted by Crippen LogP contribution is -2.36. The second kappa shape index (κ2) is 23.7. The molecule has 0 aromatic rings. The highest BCUT2D eigenvalue weighted by atomic mass is 16.1. The minimum Gasteiger partial charge on any atom is -0.355 e. The van der Waals surface area contributed by atoms with Crippen LogP contribution in [0, 0.1) is 0 Å². The number of rotatable bonds is 23. The fourth-order valence-corrected chi connectivity index (χ4v) is 3.84. The first kappa shape index (κ1) is 28.4. The van der Waals surface area contributed by atoms with Gasteiger partial charge in [0.05, 0.1) is 0 Å². The first-order valence-electron chi connectivity index (χ1n) is 13.2. The molecule has 0 fully saturated rings. The molecule has 0 radical (unpaired) electrons. The molecule has 0 aromatic heterocycles. The Bertz CT molecular complexity index is 325. The van der Waals surface area contributed by atoms with E-state index in [-0.39, 0.29) is 5.91 Å². The maximum atomic E-state index is 12.0. The van der Waals surface area contributed by atoms with Gasteiger partial charge in [-0.15, -0.1) is 0 Å². The number of amides is 1. The van der Waals surface area contributed by atoms with Crippen LogP contribution in [0.15, 0.2) is 0 Å². The summed E-state index contributed by atoms with van der Waals surface area (Å²) in [6, 6.07) is 0. The Hall–Kier alpha value is -0.570. The zero-order chi connectivity index (χ0) is 21.4. The molecule has 0 aliphatic rings. The molecule has 0 spiro atoms. The molecule has 0 heterocycles. The van der Waals surface area contributed by atoms with Gasteiger partial charge in [0.15, 0.2) is 0 Å². The highest BCUT2D eigenvalue weighted by Gasteiger charge is 2.05. The van der Waals surface area contributed by atoms with Crippen molar-refractivity contribution in [3.8, 4) is 0 Å². The molecule has 0 unspecified atom stereocenters. The van der Waals surface area contributed by atoms with Gasteiger partial charge < -0.3 is 10.2 Å². The van der Waals surface area contributed by atoms with Crippen molar-refractivity contribution in [2.45, 2.75) is 136 Å². The second-order valence-corrected chi connectivity index (χ2v) is 8.89. The molecule has 0 bridgehead atoms. The molecular formula is C26H54N2O. The second-order valence-electron chi connectivity index (χ2n) is 8.89. The van der Waals surface area contributed by atoms with E-state index in [9.17, 15) is 4.79 Å². The normalized spacial score (nSPS) is 11.3. The lowest BCUT2D eigenvalue weighted by molar-refractivity contribution is -0.121. The third kappa shape index (κ3) is 21.9. The molecule has 0 rings (SSSR count). The molecule has 174 valence electrons. The van der Waals surface area contributed by atoms with Crippen LogP contribution in [0.2, 0.25) is 0 Å². The predicted molar refractivity (Wildman–Crippen MR) is 130 cm³/mol. The average molecular weight is 411 g/mol. The number of carbonyl (C=O) groups is 1. The van der Waals surface area contributed by atoms with E-state index in [2.05, 4.69) is 31.0 Å². The van der Waals surface area contributed by atoms with E-state index in [1.165, 1.54) is 116 Å². The lowest BCUT2D eigenvalue weighted by atomic mass is 10.0. The van der Waals surface area contributed by atoms with E-state index in [0.29, 0.717) is 6.42 Å². The van der Waals surface area contributed by atoms with E-state index in [1.807, 2.05) is 0 Å². The third-order valence-electron chi connectivity index (χ3n) is 5.91. The lowest BCUT2D eigenvalue weighted by Gasteiger charge is -2.22. The minimum absolute atomic E-state index is 0.249. The Morgan fingerprint density at radius 2 is 0.966 bits per heavy atom. The van der Waals surface area contributed by atoms with Crippen molar-refractivity contribution in [2.24, 2.45) is 0 Å². The molecule has 0 saturated heterocycles. The van der Waals surface area contributed by atoms with E-state index in [1.54, 1.807) is 0 Å². The zero-order valence-electron chi connectivity index (χ0n) is 20.4. The molecule has 29 heavy (non-hydrogen) atoms. The van der Waals surface area contributed by atoms with Crippen LogP contribution in [0.1, 0.15) is 136 Å². The topological polar surface area (TPSA) is 32.3 Å². The minimum atomic E-state index is 0.249. The molecule has 3 heteroatoms. The highest BCUT2D eigenvalue weighted by molar-refractivity contribution is 5.75. The first-order chi connectivity index (χ1) is 14.2. The van der Waals surface area contributed by atoms with Gasteiger partial charge in [-0.2, -0.15) is 0 Å². The largest absolute Gasteiger partial charge is 0.355 e. The number of hydrogen-bond donors (Lipinski definition) is 1. The summed E-state index contributed by atoms with van der Waals surface area (Å²) in [5.41, 5.74) is 0. The standard InChI is InChI=1S/C26H54N2O/c1-4-7-10-11-12-13-14-15-16-17-18-19-20-21-26(29)27-22-25-28(23-8-5-2)24-9-6-3/h4-25H2,1-3H3,(H,27,29). The number of nitrogens with zero attached hydrogens (tertiary/aromatic N) is 1. The maximum Gasteiger partial charge on any atom is 0.220 e. The van der Waals surface area contributed by atoms with Crippen LogP contribution < -0.4 is 5.32 Å². The maximum absolute atomic E-state index is 12.0. The Morgan fingerprint density at radius 3 is 1.41 bits per heavy atom. The average Bonchev–Trinajstić information content (AvgIpc) is 2.73. The van der Waals surface area contributed by atoms with Crippen LogP contribution >= 0.6 is 0 Å². The summed E-state index contributed by atoms with van der Waals surface area (Å²) in [5.74, 6) is 0.249. The molecule has 0 aliphatic carbocycles. The first-order valence-corrected chi connectivity index (χ1v) is 13.2. The van der Waals surface area contributed by atoms with Crippen LogP contribution in [0.5, 0.6) is 0 Å². The molecule has 1 amide bonds. The Labute approximate surface area is 183 Å². The van der Waals surface area contributed by atoms with Crippen molar-refractivity contribution < 1.29 is 4.79 Å². The van der Waals surface area contributed by atoms with Gasteiger partial charge in [0.25, 0.3) is 0 Å². The van der Waals surface area contributed by atoms with E-state index < -0.39 is 0 Å². The molecule has 0 atom stereocenters. The van der Waals surface area contributed by atoms with Crippen molar-refractivity contribution in [1.82, 2.24) is 10.2 Å². The molecule has 3 nitrogen and oxygen atoms in total. The van der Waals surface area contributed by atoms with Crippen molar-refractivity contribution in [2.75, 3.05) is 26.2 Å². The van der Waals surface area contributed by atoms with Gasteiger partial charge in [-0.3, -0.25) is 4.79 Å². The van der Waals surface area contributed by atoms with Crippen LogP contribution in [0.3, 0.4) is 0 Å². The van der Waals surface area contributed by atoms with Gasteiger partial charge >= 0.3 is 0 Å². The van der Waals surface area contributed by atoms with Crippen LogP contribution in [0.4, 0.5) is 0 Å². The Kier molecular flexibility index (Phi) is 23.2. The molecule has 0 aromatic carbocycles. The summed E-state index contributed by atoms with van der Waals surface area (Å²) in [6.45, 7) is 10.9. The van der Waals surface area contributed by atoms with Crippen LogP contribution in [-0.4, -0.2) is 37.0 Å². The fraction of sp³-hybridized carbons (Fsp3) is 0.962. The molecular weight excluding hydrogens is 356 g/mol. The predicted octanol–water partition coefficient (Wildman–Crippen LogP) is 7.49. The number of hydrogen-bond acceptors (Lipinski definition) is 2. The zero-order valence-corrected chi connectivity index (χ0v) is 20.4. The summed E-state index contributed by atoms with van der Waals surface area (Å²) < 4.78 is 0.